The first-order chi connectivity index (χ1) is 13.7. The second-order valence-corrected chi connectivity index (χ2v) is 7.11. The maximum Gasteiger partial charge on any atom is 0.350 e. The van der Waals surface area contributed by atoms with Crippen LogP contribution in [-0.2, 0) is 6.54 Å². The first-order valence-electron chi connectivity index (χ1n) is 9.67. The van der Waals surface area contributed by atoms with Gasteiger partial charge in [-0.3, -0.25) is 9.20 Å². The molecule has 0 saturated carbocycles. The third-order valence-electron chi connectivity index (χ3n) is 5.41. The Morgan fingerprint density at radius 2 is 2.07 bits per heavy atom. The van der Waals surface area contributed by atoms with Gasteiger partial charge in [0.1, 0.15) is 12.3 Å². The summed E-state index contributed by atoms with van der Waals surface area (Å²) in [5.74, 6) is 1.44. The van der Waals surface area contributed by atoms with E-state index in [1.807, 2.05) is 24.0 Å². The molecular weight excluding hydrogens is 360 g/mol. The molecule has 1 saturated heterocycles. The minimum atomic E-state index is -0.148. The number of nitrogens with one attached hydrogen (secondary N) is 1. The first kappa shape index (κ1) is 16.9. The van der Waals surface area contributed by atoms with Gasteiger partial charge in [-0.15, -0.1) is 5.10 Å². The molecule has 2 aliphatic rings. The molecule has 0 unspecified atom stereocenters. The molecule has 9 heteroatoms. The van der Waals surface area contributed by atoms with Gasteiger partial charge in [0.2, 0.25) is 0 Å². The number of aromatic nitrogens is 4. The van der Waals surface area contributed by atoms with Crippen molar-refractivity contribution < 1.29 is 9.53 Å². The monoisotopic (exact) mass is 382 g/mol. The molecule has 5 heterocycles. The average molecular weight is 382 g/mol. The summed E-state index contributed by atoms with van der Waals surface area (Å²) in [4.78, 5) is 32.1. The van der Waals surface area contributed by atoms with Gasteiger partial charge in [0.05, 0.1) is 6.54 Å². The van der Waals surface area contributed by atoms with E-state index in [-0.39, 0.29) is 11.6 Å². The number of pyridine rings is 1. The highest BCUT2D eigenvalue weighted by Gasteiger charge is 2.27. The molecular formula is C19H22N6O3. The molecule has 146 valence electrons. The highest BCUT2D eigenvalue weighted by atomic mass is 16.5. The molecule has 0 aromatic carbocycles. The number of nitrogens with zero attached hydrogens (tertiary/aromatic N) is 5. The van der Waals surface area contributed by atoms with Crippen LogP contribution in [0, 0.1) is 0 Å². The molecule has 0 aliphatic carbocycles. The van der Waals surface area contributed by atoms with Crippen molar-refractivity contribution in [1.82, 2.24) is 24.1 Å². The van der Waals surface area contributed by atoms with Crippen LogP contribution in [0.25, 0.3) is 5.65 Å². The van der Waals surface area contributed by atoms with E-state index in [4.69, 9.17) is 4.74 Å². The van der Waals surface area contributed by atoms with Crippen LogP contribution in [0.1, 0.15) is 30.3 Å². The van der Waals surface area contributed by atoms with Crippen molar-refractivity contribution in [3.05, 3.63) is 40.6 Å². The smallest absolute Gasteiger partial charge is 0.350 e. The number of fused-ring (bicyclic) bond motifs is 2. The first-order valence-corrected chi connectivity index (χ1v) is 9.67. The summed E-state index contributed by atoms with van der Waals surface area (Å²) in [5.41, 5.74) is 1.89. The number of aromatic amines is 1. The van der Waals surface area contributed by atoms with Gasteiger partial charge in [0.15, 0.2) is 17.2 Å². The number of ether oxygens (including phenoxy) is 1. The third kappa shape index (κ3) is 2.57. The second kappa shape index (κ2) is 6.43. The normalized spacial score (nSPS) is 16.5. The lowest BCUT2D eigenvalue weighted by Crippen LogP contribution is -2.29. The molecule has 28 heavy (non-hydrogen) atoms. The second-order valence-electron chi connectivity index (χ2n) is 7.11. The molecule has 3 aromatic rings. The Bertz CT molecular complexity index is 1100. The maximum atomic E-state index is 12.7. The Morgan fingerprint density at radius 1 is 1.25 bits per heavy atom. The Hall–Kier alpha value is -3.23. The van der Waals surface area contributed by atoms with Gasteiger partial charge in [-0.25, -0.2) is 9.48 Å². The minimum Gasteiger partial charge on any atom is -0.488 e. The maximum absolute atomic E-state index is 12.7. The Morgan fingerprint density at radius 3 is 2.86 bits per heavy atom. The van der Waals surface area contributed by atoms with Crippen molar-refractivity contribution in [3.8, 4) is 5.75 Å². The van der Waals surface area contributed by atoms with Crippen LogP contribution in [0.2, 0.25) is 0 Å². The fourth-order valence-electron chi connectivity index (χ4n) is 3.94. The number of hydrogen-bond donors (Lipinski definition) is 1. The van der Waals surface area contributed by atoms with Crippen molar-refractivity contribution in [3.63, 3.8) is 0 Å². The SMILES string of the molecule is CCn1nc2cc(N3CCOc4cc(C(=O)N5CCCC5)[nH]c43)ccn2c1=O. The third-order valence-corrected chi connectivity index (χ3v) is 5.41. The number of hydrogen-bond acceptors (Lipinski definition) is 5. The number of aryl methyl sites for hydroxylation is 1. The van der Waals surface area contributed by atoms with E-state index >= 15 is 0 Å². The van der Waals surface area contributed by atoms with Crippen molar-refractivity contribution in [2.24, 2.45) is 0 Å². The summed E-state index contributed by atoms with van der Waals surface area (Å²) in [6.07, 6.45) is 3.84. The van der Waals surface area contributed by atoms with Gasteiger partial charge in [-0.05, 0) is 25.8 Å². The molecule has 3 aromatic heterocycles. The van der Waals surface area contributed by atoms with E-state index in [2.05, 4.69) is 15.0 Å². The van der Waals surface area contributed by atoms with E-state index in [1.54, 1.807) is 12.3 Å². The van der Waals surface area contributed by atoms with Crippen LogP contribution in [0.15, 0.2) is 29.2 Å². The lowest BCUT2D eigenvalue weighted by atomic mass is 10.3. The molecule has 1 N–H and O–H groups in total. The van der Waals surface area contributed by atoms with E-state index in [0.717, 1.165) is 37.4 Å². The van der Waals surface area contributed by atoms with Crippen LogP contribution in [0.4, 0.5) is 11.5 Å². The highest BCUT2D eigenvalue weighted by molar-refractivity contribution is 5.94. The van der Waals surface area contributed by atoms with E-state index in [0.29, 0.717) is 36.8 Å². The van der Waals surface area contributed by atoms with Crippen LogP contribution in [-0.4, -0.2) is 56.2 Å². The Balaban J connectivity index is 1.51. The van der Waals surface area contributed by atoms with Crippen LogP contribution < -0.4 is 15.3 Å². The number of anilines is 2. The Labute approximate surface area is 161 Å². The summed E-state index contributed by atoms with van der Waals surface area (Å²) in [5, 5.41) is 4.37. The predicted octanol–water partition coefficient (Wildman–Crippen LogP) is 1.61. The van der Waals surface area contributed by atoms with Gasteiger partial charge >= 0.3 is 5.69 Å². The molecule has 0 radical (unpaired) electrons. The fraction of sp³-hybridized carbons (Fsp3) is 0.421. The van der Waals surface area contributed by atoms with Gasteiger partial charge in [0.25, 0.3) is 5.91 Å². The standard InChI is InChI=1S/C19H22N6O3/c1-2-25-19(27)24-8-5-13(11-16(24)21-25)23-9-10-28-15-12-14(20-17(15)23)18(26)22-6-3-4-7-22/h5,8,11-12,20H,2-4,6-7,9-10H2,1H3. The van der Waals surface area contributed by atoms with Crippen LogP contribution >= 0.6 is 0 Å². The fourth-order valence-corrected chi connectivity index (χ4v) is 3.94. The quantitative estimate of drug-likeness (QED) is 0.744. The number of H-pyrrole nitrogens is 1. The lowest BCUT2D eigenvalue weighted by molar-refractivity contribution is 0.0787. The van der Waals surface area contributed by atoms with Gasteiger partial charge in [0, 0.05) is 43.7 Å². The number of likely N-dealkylation sites (tertiary alicyclic amines) is 1. The minimum absolute atomic E-state index is 0.0131. The van der Waals surface area contributed by atoms with E-state index in [1.165, 1.54) is 9.08 Å². The van der Waals surface area contributed by atoms with Crippen LogP contribution in [0.3, 0.4) is 0 Å². The van der Waals surface area contributed by atoms with Crippen molar-refractivity contribution >= 4 is 23.1 Å². The molecule has 1 amide bonds. The average Bonchev–Trinajstić information content (AvgIpc) is 3.45. The summed E-state index contributed by atoms with van der Waals surface area (Å²) >= 11 is 0. The molecule has 2 aliphatic heterocycles. The van der Waals surface area contributed by atoms with Crippen LogP contribution in [0.5, 0.6) is 5.75 Å². The zero-order valence-electron chi connectivity index (χ0n) is 15.7. The summed E-state index contributed by atoms with van der Waals surface area (Å²) in [6, 6.07) is 5.55. The lowest BCUT2D eigenvalue weighted by Gasteiger charge is -2.28. The number of amides is 1. The molecule has 5 rings (SSSR count). The molecule has 1 fully saturated rings. The number of carbonyl (C=O) groups is 1. The van der Waals surface area contributed by atoms with Crippen molar-refractivity contribution in [2.45, 2.75) is 26.3 Å². The predicted molar refractivity (Wildman–Crippen MR) is 104 cm³/mol. The summed E-state index contributed by atoms with van der Waals surface area (Å²) in [7, 11) is 0. The van der Waals surface area contributed by atoms with Gasteiger partial charge < -0.3 is 19.5 Å². The zero-order valence-corrected chi connectivity index (χ0v) is 15.7. The van der Waals surface area contributed by atoms with Gasteiger partial charge in [-0.2, -0.15) is 0 Å². The van der Waals surface area contributed by atoms with Gasteiger partial charge in [-0.1, -0.05) is 0 Å². The van der Waals surface area contributed by atoms with E-state index < -0.39 is 0 Å². The molecule has 0 atom stereocenters. The van der Waals surface area contributed by atoms with Crippen molar-refractivity contribution in [2.75, 3.05) is 31.1 Å². The largest absolute Gasteiger partial charge is 0.488 e. The topological polar surface area (TPSA) is 87.9 Å². The molecule has 0 spiro atoms. The zero-order chi connectivity index (χ0) is 19.3. The molecule has 0 bridgehead atoms. The highest BCUT2D eigenvalue weighted by Crippen LogP contribution is 2.37. The van der Waals surface area contributed by atoms with E-state index in [9.17, 15) is 9.59 Å². The van der Waals surface area contributed by atoms with Crippen molar-refractivity contribution in [1.29, 1.82) is 0 Å². The number of rotatable bonds is 3. The Kier molecular flexibility index (Phi) is 3.88. The summed E-state index contributed by atoms with van der Waals surface area (Å²) in [6.45, 7) is 5.18. The molecule has 9 nitrogen and oxygen atoms in total. The summed E-state index contributed by atoms with van der Waals surface area (Å²) < 4.78 is 8.75. The number of carbonyl (C=O) groups excluding carboxylic acids is 1.